The lowest BCUT2D eigenvalue weighted by Crippen LogP contribution is -2.27. The van der Waals surface area contributed by atoms with Crippen LogP contribution < -0.4 is 15.4 Å². The van der Waals surface area contributed by atoms with Gasteiger partial charge in [-0.2, -0.15) is 0 Å². The minimum Gasteiger partial charge on any atom is -0.495 e. The number of thioether (sulfide) groups is 1. The fourth-order valence-corrected chi connectivity index (χ4v) is 4.10. The molecule has 0 atom stereocenters. The standard InChI is InChI=1S/C25H31N5O4S/c1-7-30-22(17-10-8-9-16(2)13-17)28-29-23(30)35-15-21(31)26-18-11-12-20(33-6)19(14-18)27-24(32)34-25(3,4)5/h8-14H,7,15H2,1-6H3,(H,26,31)(H,27,32). The van der Waals surface area contributed by atoms with Gasteiger partial charge >= 0.3 is 6.09 Å². The molecule has 2 N–H and O–H groups in total. The second kappa shape index (κ2) is 11.3. The van der Waals surface area contributed by atoms with E-state index in [9.17, 15) is 9.59 Å². The smallest absolute Gasteiger partial charge is 0.412 e. The van der Waals surface area contributed by atoms with Gasteiger partial charge < -0.3 is 19.4 Å². The van der Waals surface area contributed by atoms with Crippen molar-refractivity contribution in [2.75, 3.05) is 23.5 Å². The predicted molar refractivity (Wildman–Crippen MR) is 138 cm³/mol. The Kier molecular flexibility index (Phi) is 8.39. The number of methoxy groups -OCH3 is 1. The Morgan fingerprint density at radius 3 is 2.51 bits per heavy atom. The highest BCUT2D eigenvalue weighted by Gasteiger charge is 2.19. The van der Waals surface area contributed by atoms with Crippen molar-refractivity contribution in [3.05, 3.63) is 48.0 Å². The summed E-state index contributed by atoms with van der Waals surface area (Å²) in [4.78, 5) is 24.8. The third-order valence-electron chi connectivity index (χ3n) is 4.76. The number of aromatic nitrogens is 3. The second-order valence-corrected chi connectivity index (χ2v) is 9.74. The Labute approximate surface area is 209 Å². The normalized spacial score (nSPS) is 11.1. The molecule has 0 saturated heterocycles. The zero-order valence-corrected chi connectivity index (χ0v) is 21.7. The van der Waals surface area contributed by atoms with Crippen LogP contribution >= 0.6 is 11.8 Å². The first-order valence-corrected chi connectivity index (χ1v) is 12.2. The molecule has 0 aliphatic rings. The Hall–Kier alpha value is -3.53. The highest BCUT2D eigenvalue weighted by atomic mass is 32.2. The number of anilines is 2. The number of aryl methyl sites for hydroxylation is 1. The molecule has 0 aliphatic heterocycles. The number of hydrogen-bond acceptors (Lipinski definition) is 7. The van der Waals surface area contributed by atoms with Crippen LogP contribution in [0, 0.1) is 6.92 Å². The third kappa shape index (κ3) is 7.22. The summed E-state index contributed by atoms with van der Waals surface area (Å²) >= 11 is 1.31. The zero-order valence-electron chi connectivity index (χ0n) is 20.8. The van der Waals surface area contributed by atoms with Crippen LogP contribution in [-0.2, 0) is 16.1 Å². The fourth-order valence-electron chi connectivity index (χ4n) is 3.30. The van der Waals surface area contributed by atoms with Crippen molar-refractivity contribution >= 4 is 35.1 Å². The molecule has 0 unspecified atom stereocenters. The van der Waals surface area contributed by atoms with Crippen molar-refractivity contribution in [2.45, 2.75) is 51.9 Å². The quantitative estimate of drug-likeness (QED) is 0.403. The molecule has 186 valence electrons. The van der Waals surface area contributed by atoms with E-state index < -0.39 is 11.7 Å². The highest BCUT2D eigenvalue weighted by Crippen LogP contribution is 2.29. The summed E-state index contributed by atoms with van der Waals surface area (Å²) in [5.41, 5.74) is 2.39. The number of nitrogens with one attached hydrogen (secondary N) is 2. The van der Waals surface area contributed by atoms with E-state index in [0.29, 0.717) is 28.8 Å². The first-order valence-electron chi connectivity index (χ1n) is 11.2. The Morgan fingerprint density at radius 2 is 1.86 bits per heavy atom. The summed E-state index contributed by atoms with van der Waals surface area (Å²) in [7, 11) is 1.50. The van der Waals surface area contributed by atoms with Gasteiger partial charge in [-0.25, -0.2) is 4.79 Å². The second-order valence-electron chi connectivity index (χ2n) is 8.80. The molecule has 2 amide bonds. The molecule has 0 saturated carbocycles. The summed E-state index contributed by atoms with van der Waals surface area (Å²) in [6, 6.07) is 13.1. The lowest BCUT2D eigenvalue weighted by molar-refractivity contribution is -0.113. The van der Waals surface area contributed by atoms with Crippen LogP contribution in [-0.4, -0.2) is 45.2 Å². The Morgan fingerprint density at radius 1 is 1.09 bits per heavy atom. The Balaban J connectivity index is 1.66. The predicted octanol–water partition coefficient (Wildman–Crippen LogP) is 5.36. The topological polar surface area (TPSA) is 107 Å². The summed E-state index contributed by atoms with van der Waals surface area (Å²) in [6.07, 6.45) is -0.613. The average Bonchev–Trinajstić information content (AvgIpc) is 3.19. The molecule has 10 heteroatoms. The van der Waals surface area contributed by atoms with Crippen LogP contribution in [0.25, 0.3) is 11.4 Å². The SMILES string of the molecule is CCn1c(SCC(=O)Nc2ccc(OC)c(NC(=O)OC(C)(C)C)c2)nnc1-c1cccc(C)c1. The van der Waals surface area contributed by atoms with Crippen molar-refractivity contribution in [1.82, 2.24) is 14.8 Å². The van der Waals surface area contributed by atoms with Crippen LogP contribution in [0.3, 0.4) is 0 Å². The molecule has 0 radical (unpaired) electrons. The van der Waals surface area contributed by atoms with Crippen LogP contribution in [0.15, 0.2) is 47.6 Å². The van der Waals surface area contributed by atoms with Crippen molar-refractivity contribution in [3.63, 3.8) is 0 Å². The van der Waals surface area contributed by atoms with E-state index in [-0.39, 0.29) is 11.7 Å². The van der Waals surface area contributed by atoms with Crippen molar-refractivity contribution in [3.8, 4) is 17.1 Å². The lowest BCUT2D eigenvalue weighted by Gasteiger charge is -2.20. The van der Waals surface area contributed by atoms with Gasteiger partial charge in [0.2, 0.25) is 5.91 Å². The van der Waals surface area contributed by atoms with Gasteiger partial charge in [-0.3, -0.25) is 10.1 Å². The molecule has 0 bridgehead atoms. The Bertz CT molecular complexity index is 1200. The number of hydrogen-bond donors (Lipinski definition) is 2. The van der Waals surface area contributed by atoms with Gasteiger partial charge in [0.05, 0.1) is 18.6 Å². The van der Waals surface area contributed by atoms with Crippen molar-refractivity contribution < 1.29 is 19.1 Å². The van der Waals surface area contributed by atoms with Gasteiger partial charge in [-0.15, -0.1) is 10.2 Å². The number of carbonyl (C=O) groups is 2. The zero-order chi connectivity index (χ0) is 25.6. The summed E-state index contributed by atoms with van der Waals surface area (Å²) in [5.74, 6) is 1.15. The van der Waals surface area contributed by atoms with Crippen molar-refractivity contribution in [1.29, 1.82) is 0 Å². The van der Waals surface area contributed by atoms with Crippen LogP contribution in [0.4, 0.5) is 16.2 Å². The molecule has 0 aliphatic carbocycles. The van der Waals surface area contributed by atoms with Gasteiger partial charge in [0.15, 0.2) is 11.0 Å². The molecule has 3 aromatic rings. The number of benzene rings is 2. The van der Waals surface area contributed by atoms with Crippen molar-refractivity contribution in [2.24, 2.45) is 0 Å². The number of ether oxygens (including phenoxy) is 2. The van der Waals surface area contributed by atoms with E-state index in [0.717, 1.165) is 17.0 Å². The molecular weight excluding hydrogens is 466 g/mol. The van der Waals surface area contributed by atoms with Gasteiger partial charge in [-0.1, -0.05) is 35.5 Å². The summed E-state index contributed by atoms with van der Waals surface area (Å²) < 4.78 is 12.6. The van der Waals surface area contributed by atoms with Gasteiger partial charge in [0.1, 0.15) is 11.4 Å². The van der Waals surface area contributed by atoms with Gasteiger partial charge in [0, 0.05) is 17.8 Å². The molecule has 1 heterocycles. The van der Waals surface area contributed by atoms with Gasteiger partial charge in [0.25, 0.3) is 0 Å². The first-order chi connectivity index (χ1) is 16.6. The van der Waals surface area contributed by atoms with Gasteiger partial charge in [-0.05, 0) is 58.9 Å². The summed E-state index contributed by atoms with van der Waals surface area (Å²) in [5, 5.41) is 14.8. The molecule has 3 rings (SSSR count). The van der Waals surface area contributed by atoms with E-state index in [2.05, 4.69) is 26.9 Å². The average molecular weight is 498 g/mol. The van der Waals surface area contributed by atoms with Crippen LogP contribution in [0.2, 0.25) is 0 Å². The maximum atomic E-state index is 12.6. The van der Waals surface area contributed by atoms with E-state index in [1.807, 2.05) is 36.6 Å². The molecule has 2 aromatic carbocycles. The maximum absolute atomic E-state index is 12.6. The van der Waals surface area contributed by atoms with E-state index in [1.165, 1.54) is 18.9 Å². The molecular formula is C25H31N5O4S. The van der Waals surface area contributed by atoms with E-state index in [1.54, 1.807) is 39.0 Å². The minimum absolute atomic E-state index is 0.146. The number of rotatable bonds is 8. The largest absolute Gasteiger partial charge is 0.495 e. The number of carbonyl (C=O) groups excluding carboxylic acids is 2. The van der Waals surface area contributed by atoms with Crippen LogP contribution in [0.1, 0.15) is 33.3 Å². The molecule has 1 aromatic heterocycles. The lowest BCUT2D eigenvalue weighted by atomic mass is 10.1. The minimum atomic E-state index is -0.640. The third-order valence-corrected chi connectivity index (χ3v) is 5.73. The fraction of sp³-hybridized carbons (Fsp3) is 0.360. The van der Waals surface area contributed by atoms with E-state index in [4.69, 9.17) is 9.47 Å². The molecule has 9 nitrogen and oxygen atoms in total. The monoisotopic (exact) mass is 497 g/mol. The number of nitrogens with zero attached hydrogens (tertiary/aromatic N) is 3. The molecule has 0 fully saturated rings. The summed E-state index contributed by atoms with van der Waals surface area (Å²) in [6.45, 7) is 10.1. The number of amides is 2. The molecule has 35 heavy (non-hydrogen) atoms. The highest BCUT2D eigenvalue weighted by molar-refractivity contribution is 7.99. The first kappa shape index (κ1) is 26.1. The molecule has 0 spiro atoms. The van der Waals surface area contributed by atoms with Crippen LogP contribution in [0.5, 0.6) is 5.75 Å². The van der Waals surface area contributed by atoms with E-state index >= 15 is 0 Å². The maximum Gasteiger partial charge on any atom is 0.412 e.